The van der Waals surface area contributed by atoms with Gasteiger partial charge in [-0.2, -0.15) is 0 Å². The highest BCUT2D eigenvalue weighted by molar-refractivity contribution is 8.39. The second-order valence-electron chi connectivity index (χ2n) is 4.65. The van der Waals surface area contributed by atoms with Crippen molar-refractivity contribution in [3.8, 4) is 11.5 Å². The molecule has 0 amide bonds. The first kappa shape index (κ1) is 15.2. The molecule has 3 rings (SSSR count). The van der Waals surface area contributed by atoms with Gasteiger partial charge < -0.3 is 4.74 Å². The molecule has 0 fully saturated rings. The van der Waals surface area contributed by atoms with Crippen LogP contribution in [-0.2, 0) is 0 Å². The smallest absolute Gasteiger partial charge is 0.173 e. The van der Waals surface area contributed by atoms with Gasteiger partial charge in [0.05, 0.1) is 12.3 Å². The fourth-order valence-corrected chi connectivity index (χ4v) is 3.85. The van der Waals surface area contributed by atoms with Gasteiger partial charge in [0.1, 0.15) is 15.9 Å². The Morgan fingerprint density at radius 3 is 2.50 bits per heavy atom. The molecule has 0 saturated carbocycles. The summed E-state index contributed by atoms with van der Waals surface area (Å²) < 4.78 is 6.74. The van der Waals surface area contributed by atoms with Crippen LogP contribution in [0.25, 0.3) is 0 Å². The van der Waals surface area contributed by atoms with E-state index in [0.717, 1.165) is 28.2 Å². The van der Waals surface area contributed by atoms with E-state index in [4.69, 9.17) is 4.74 Å². The number of ether oxygens (including phenoxy) is 1. The Bertz CT molecular complexity index is 669. The van der Waals surface area contributed by atoms with Crippen molar-refractivity contribution in [3.63, 3.8) is 0 Å². The Balaban J connectivity index is 1.57. The maximum Gasteiger partial charge on any atom is 0.173 e. The summed E-state index contributed by atoms with van der Waals surface area (Å²) in [7, 11) is 0. The molecule has 2 aromatic rings. The third-order valence-corrected chi connectivity index (χ3v) is 5.29. The molecule has 5 heteroatoms. The minimum Gasteiger partial charge on any atom is -0.457 e. The van der Waals surface area contributed by atoms with Crippen LogP contribution in [0.5, 0.6) is 11.5 Å². The van der Waals surface area contributed by atoms with E-state index in [-0.39, 0.29) is 5.78 Å². The number of carbonyl (C=O) groups excluding carboxylic acids is 1. The van der Waals surface area contributed by atoms with Gasteiger partial charge >= 0.3 is 0 Å². The number of hydrogen-bond donors (Lipinski definition) is 0. The van der Waals surface area contributed by atoms with Crippen LogP contribution in [0.4, 0.5) is 0 Å². The van der Waals surface area contributed by atoms with E-state index >= 15 is 0 Å². The molecule has 0 saturated heterocycles. The van der Waals surface area contributed by atoms with Crippen LogP contribution in [0.15, 0.2) is 59.6 Å². The normalized spacial score (nSPS) is 13.7. The number of nitrogens with zero attached hydrogens (tertiary/aromatic N) is 1. The van der Waals surface area contributed by atoms with Gasteiger partial charge in [-0.1, -0.05) is 41.7 Å². The molecule has 0 aromatic heterocycles. The molecule has 0 N–H and O–H groups in total. The summed E-state index contributed by atoms with van der Waals surface area (Å²) >= 11 is 3.25. The molecule has 0 aliphatic carbocycles. The summed E-state index contributed by atoms with van der Waals surface area (Å²) in [6.45, 7) is 0.868. The van der Waals surface area contributed by atoms with E-state index in [0.29, 0.717) is 11.3 Å². The molecule has 22 heavy (non-hydrogen) atoms. The number of hydrogen-bond acceptors (Lipinski definition) is 5. The van der Waals surface area contributed by atoms with Gasteiger partial charge in [-0.15, -0.1) is 0 Å². The van der Waals surface area contributed by atoms with Crippen molar-refractivity contribution in [1.82, 2.24) is 0 Å². The van der Waals surface area contributed by atoms with E-state index < -0.39 is 0 Å². The number of aliphatic imine (C=N–C) groups is 1. The van der Waals surface area contributed by atoms with Crippen LogP contribution in [-0.4, -0.2) is 28.2 Å². The molecule has 0 unspecified atom stereocenters. The Kier molecular flexibility index (Phi) is 5.19. The molecule has 0 bridgehead atoms. The van der Waals surface area contributed by atoms with Gasteiger partial charge in [0.25, 0.3) is 0 Å². The van der Waals surface area contributed by atoms with Crippen LogP contribution in [0.1, 0.15) is 10.4 Å². The topological polar surface area (TPSA) is 38.7 Å². The average Bonchev–Trinajstić information content (AvgIpc) is 3.08. The third-order valence-electron chi connectivity index (χ3n) is 3.04. The first-order valence-corrected chi connectivity index (χ1v) is 8.94. The van der Waals surface area contributed by atoms with Crippen molar-refractivity contribution < 1.29 is 9.53 Å². The summed E-state index contributed by atoms with van der Waals surface area (Å²) in [5.41, 5.74) is 0.705. The minimum absolute atomic E-state index is 0.117. The SMILES string of the molecule is O=C(CSC1=NCCS1)c1ccc(Oc2ccccc2)cc1. The lowest BCUT2D eigenvalue weighted by Crippen LogP contribution is -2.03. The third kappa shape index (κ3) is 4.15. The first-order valence-electron chi connectivity index (χ1n) is 6.97. The van der Waals surface area contributed by atoms with E-state index in [9.17, 15) is 4.79 Å². The molecule has 112 valence electrons. The van der Waals surface area contributed by atoms with E-state index in [1.54, 1.807) is 11.8 Å². The zero-order valence-corrected chi connectivity index (χ0v) is 13.5. The quantitative estimate of drug-likeness (QED) is 0.757. The summed E-state index contributed by atoms with van der Waals surface area (Å²) in [6.07, 6.45) is 0. The number of carbonyl (C=O) groups is 1. The zero-order chi connectivity index (χ0) is 15.2. The van der Waals surface area contributed by atoms with Gasteiger partial charge in [0.15, 0.2) is 5.78 Å². The van der Waals surface area contributed by atoms with Crippen LogP contribution < -0.4 is 4.74 Å². The van der Waals surface area contributed by atoms with E-state index in [2.05, 4.69) is 4.99 Å². The number of rotatable bonds is 5. The summed E-state index contributed by atoms with van der Waals surface area (Å²) in [5, 5.41) is 0. The second kappa shape index (κ2) is 7.51. The van der Waals surface area contributed by atoms with Gasteiger partial charge in [-0.3, -0.25) is 9.79 Å². The molecule has 1 heterocycles. The maximum atomic E-state index is 12.1. The molecule has 0 atom stereocenters. The van der Waals surface area contributed by atoms with Crippen molar-refractivity contribution in [2.24, 2.45) is 4.99 Å². The molecule has 0 spiro atoms. The van der Waals surface area contributed by atoms with Crippen molar-refractivity contribution in [3.05, 3.63) is 60.2 Å². The highest BCUT2D eigenvalue weighted by Crippen LogP contribution is 2.24. The molecule has 2 aromatic carbocycles. The highest BCUT2D eigenvalue weighted by Gasteiger charge is 2.12. The molecule has 0 radical (unpaired) electrons. The number of benzene rings is 2. The zero-order valence-electron chi connectivity index (χ0n) is 11.9. The lowest BCUT2D eigenvalue weighted by atomic mass is 10.1. The van der Waals surface area contributed by atoms with E-state index in [1.165, 1.54) is 11.8 Å². The van der Waals surface area contributed by atoms with Crippen LogP contribution in [0.2, 0.25) is 0 Å². The largest absolute Gasteiger partial charge is 0.457 e. The molecular weight excluding hydrogens is 314 g/mol. The molecular formula is C17H15NO2S2. The Labute approximate surface area is 138 Å². The van der Waals surface area contributed by atoms with Crippen LogP contribution >= 0.6 is 23.5 Å². The lowest BCUT2D eigenvalue weighted by molar-refractivity contribution is 0.102. The van der Waals surface area contributed by atoms with Gasteiger partial charge in [-0.05, 0) is 36.4 Å². The van der Waals surface area contributed by atoms with Crippen molar-refractivity contribution in [1.29, 1.82) is 0 Å². The molecule has 1 aliphatic rings. The highest BCUT2D eigenvalue weighted by atomic mass is 32.2. The Morgan fingerprint density at radius 1 is 1.09 bits per heavy atom. The van der Waals surface area contributed by atoms with Crippen molar-refractivity contribution in [2.45, 2.75) is 0 Å². The van der Waals surface area contributed by atoms with Gasteiger partial charge in [0, 0.05) is 11.3 Å². The van der Waals surface area contributed by atoms with Crippen LogP contribution in [0, 0.1) is 0 Å². The minimum atomic E-state index is 0.117. The first-order chi connectivity index (χ1) is 10.8. The maximum absolute atomic E-state index is 12.1. The predicted octanol–water partition coefficient (Wildman–Crippen LogP) is 4.50. The van der Waals surface area contributed by atoms with Gasteiger partial charge in [0.2, 0.25) is 0 Å². The second-order valence-corrected chi connectivity index (χ2v) is 6.95. The number of ketones is 1. The van der Waals surface area contributed by atoms with Crippen molar-refractivity contribution in [2.75, 3.05) is 18.1 Å². The fourth-order valence-electron chi connectivity index (χ4n) is 1.95. The summed E-state index contributed by atoms with van der Waals surface area (Å²) in [4.78, 5) is 16.5. The standard InChI is InChI=1S/C17H15NO2S2/c19-16(12-22-17-18-10-11-21-17)13-6-8-15(9-7-13)20-14-4-2-1-3-5-14/h1-9H,10-12H2. The Morgan fingerprint density at radius 2 is 1.82 bits per heavy atom. The number of thioether (sulfide) groups is 2. The molecule has 1 aliphatic heterocycles. The fraction of sp³-hybridized carbons (Fsp3) is 0.176. The van der Waals surface area contributed by atoms with Gasteiger partial charge in [-0.25, -0.2) is 0 Å². The number of Topliss-reactive ketones (excluding diaryl/α,β-unsaturated/α-hetero) is 1. The number of para-hydroxylation sites is 1. The van der Waals surface area contributed by atoms with Crippen LogP contribution in [0.3, 0.4) is 0 Å². The monoisotopic (exact) mass is 329 g/mol. The summed E-state index contributed by atoms with van der Waals surface area (Å²) in [5.74, 6) is 3.10. The van der Waals surface area contributed by atoms with Crippen molar-refractivity contribution >= 4 is 33.7 Å². The summed E-state index contributed by atoms with van der Waals surface area (Å²) in [6, 6.07) is 16.9. The molecule has 3 nitrogen and oxygen atoms in total. The Hall–Kier alpha value is -1.72. The van der Waals surface area contributed by atoms with E-state index in [1.807, 2.05) is 54.6 Å². The lowest BCUT2D eigenvalue weighted by Gasteiger charge is -2.06. The predicted molar refractivity (Wildman–Crippen MR) is 94.5 cm³/mol. The average molecular weight is 329 g/mol.